The lowest BCUT2D eigenvalue weighted by Crippen LogP contribution is -2.04. The average Bonchev–Trinajstić information content (AvgIpc) is 3.72. The van der Waals surface area contributed by atoms with Crippen LogP contribution in [-0.2, 0) is 0 Å². The van der Waals surface area contributed by atoms with E-state index in [1.165, 1.54) is 103 Å². The van der Waals surface area contributed by atoms with Crippen molar-refractivity contribution in [2.24, 2.45) is 0 Å². The number of nitrogens with zero attached hydrogens (tertiary/aromatic N) is 1. The van der Waals surface area contributed by atoms with Gasteiger partial charge in [-0.25, -0.2) is 0 Å². The number of rotatable bonds is 2. The van der Waals surface area contributed by atoms with E-state index in [4.69, 9.17) is 0 Å². The standard InChI is InChI=1S/C48H29NS/c1-2-14-33-32(13-1)34-15-3-4-17-36(34)42-28-31(30-25-26-47-41(27-30)39-20-9-12-24-46(39)50-47)29-45(48(42)40-21-6-5-16-35(33)40)49-43-22-10-7-18-37(43)38-19-8-11-23-44(38)49/h1-29H. The van der Waals surface area contributed by atoms with Crippen LogP contribution < -0.4 is 0 Å². The average molecular weight is 652 g/mol. The van der Waals surface area contributed by atoms with Crippen LogP contribution in [0.2, 0.25) is 0 Å². The molecule has 50 heavy (non-hydrogen) atoms. The highest BCUT2D eigenvalue weighted by Gasteiger charge is 2.26. The quantitative estimate of drug-likeness (QED) is 0.175. The van der Waals surface area contributed by atoms with Gasteiger partial charge in [-0.05, 0) is 92.5 Å². The lowest BCUT2D eigenvalue weighted by atomic mass is 9.79. The molecule has 1 aliphatic rings. The minimum absolute atomic E-state index is 1.19. The van der Waals surface area contributed by atoms with Crippen molar-refractivity contribution < 1.29 is 0 Å². The van der Waals surface area contributed by atoms with Crippen LogP contribution in [0.1, 0.15) is 0 Å². The Morgan fingerprint density at radius 3 is 1.44 bits per heavy atom. The van der Waals surface area contributed by atoms with Crippen molar-refractivity contribution in [3.63, 3.8) is 0 Å². The van der Waals surface area contributed by atoms with Crippen molar-refractivity contribution in [2.75, 3.05) is 0 Å². The Morgan fingerprint density at radius 1 is 0.320 bits per heavy atom. The first-order valence-corrected chi connectivity index (χ1v) is 18.0. The molecule has 8 aromatic carbocycles. The number of thiophene rings is 1. The van der Waals surface area contributed by atoms with Gasteiger partial charge in [0.2, 0.25) is 0 Å². The zero-order valence-corrected chi connectivity index (χ0v) is 27.9. The van der Waals surface area contributed by atoms with Crippen LogP contribution in [0.15, 0.2) is 176 Å². The van der Waals surface area contributed by atoms with Gasteiger partial charge in [0.05, 0.1) is 16.7 Å². The molecule has 0 radical (unpaired) electrons. The molecule has 232 valence electrons. The molecule has 2 aromatic heterocycles. The van der Waals surface area contributed by atoms with Crippen molar-refractivity contribution in [1.82, 2.24) is 4.57 Å². The Bertz CT molecular complexity index is 2940. The summed E-state index contributed by atoms with van der Waals surface area (Å²) in [6.45, 7) is 0. The predicted molar refractivity (Wildman–Crippen MR) is 214 cm³/mol. The highest BCUT2D eigenvalue weighted by molar-refractivity contribution is 7.25. The molecule has 0 amide bonds. The first kappa shape index (κ1) is 27.7. The molecule has 0 unspecified atom stereocenters. The van der Waals surface area contributed by atoms with Crippen molar-refractivity contribution in [1.29, 1.82) is 0 Å². The molecule has 0 N–H and O–H groups in total. The number of para-hydroxylation sites is 2. The number of hydrogen-bond donors (Lipinski definition) is 0. The molecule has 0 aliphatic heterocycles. The van der Waals surface area contributed by atoms with E-state index in [1.54, 1.807) is 0 Å². The Balaban J connectivity index is 1.33. The maximum atomic E-state index is 2.51. The van der Waals surface area contributed by atoms with Crippen LogP contribution in [-0.4, -0.2) is 4.57 Å². The molecule has 2 heteroatoms. The second kappa shape index (κ2) is 10.6. The number of benzene rings is 8. The fourth-order valence-electron chi connectivity index (χ4n) is 8.39. The Morgan fingerprint density at radius 2 is 0.800 bits per heavy atom. The molecular weight excluding hydrogens is 623 g/mol. The van der Waals surface area contributed by atoms with Gasteiger partial charge in [0.15, 0.2) is 0 Å². The van der Waals surface area contributed by atoms with Crippen LogP contribution in [0.25, 0.3) is 103 Å². The zero-order valence-electron chi connectivity index (χ0n) is 27.1. The second-order valence-corrected chi connectivity index (χ2v) is 14.3. The van der Waals surface area contributed by atoms with Gasteiger partial charge in [-0.1, -0.05) is 133 Å². The summed E-state index contributed by atoms with van der Waals surface area (Å²) < 4.78 is 5.16. The fourth-order valence-corrected chi connectivity index (χ4v) is 9.48. The molecule has 11 rings (SSSR count). The second-order valence-electron chi connectivity index (χ2n) is 13.2. The van der Waals surface area contributed by atoms with E-state index >= 15 is 0 Å². The van der Waals surface area contributed by atoms with E-state index < -0.39 is 0 Å². The van der Waals surface area contributed by atoms with Gasteiger partial charge in [-0.3, -0.25) is 0 Å². The molecular formula is C48H29NS. The van der Waals surface area contributed by atoms with Crippen molar-refractivity contribution in [3.8, 4) is 61.3 Å². The Labute approximate surface area is 293 Å². The van der Waals surface area contributed by atoms with E-state index in [0.29, 0.717) is 0 Å². The number of hydrogen-bond acceptors (Lipinski definition) is 1. The minimum Gasteiger partial charge on any atom is -0.309 e. The summed E-state index contributed by atoms with van der Waals surface area (Å²) in [5.74, 6) is 0. The SMILES string of the molecule is c1ccc2c(c1)-c1ccccc1-c1cc(-c3ccc4sc5ccccc5c4c3)cc(-n3c4ccccc4c4ccccc43)c1-c1ccccc1-2. The summed E-state index contributed by atoms with van der Waals surface area (Å²) in [6.07, 6.45) is 0. The van der Waals surface area contributed by atoms with Crippen LogP contribution in [0.3, 0.4) is 0 Å². The third kappa shape index (κ3) is 3.94. The molecule has 0 fully saturated rings. The van der Waals surface area contributed by atoms with Gasteiger partial charge in [0, 0.05) is 36.5 Å². The van der Waals surface area contributed by atoms with E-state index in [2.05, 4.69) is 180 Å². The predicted octanol–water partition coefficient (Wildman–Crippen LogP) is 13.8. The molecule has 10 aromatic rings. The van der Waals surface area contributed by atoms with Gasteiger partial charge < -0.3 is 4.57 Å². The van der Waals surface area contributed by atoms with Crippen LogP contribution >= 0.6 is 11.3 Å². The lowest BCUT2D eigenvalue weighted by molar-refractivity contribution is 1.18. The van der Waals surface area contributed by atoms with Crippen molar-refractivity contribution >= 4 is 53.3 Å². The molecule has 0 atom stereocenters. The highest BCUT2D eigenvalue weighted by Crippen LogP contribution is 2.51. The summed E-state index contributed by atoms with van der Waals surface area (Å²) in [7, 11) is 0. The van der Waals surface area contributed by atoms with Gasteiger partial charge in [-0.2, -0.15) is 0 Å². The van der Waals surface area contributed by atoms with Crippen LogP contribution in [0.4, 0.5) is 0 Å². The number of aromatic nitrogens is 1. The van der Waals surface area contributed by atoms with Gasteiger partial charge in [0.1, 0.15) is 0 Å². The summed E-state index contributed by atoms with van der Waals surface area (Å²) >= 11 is 1.87. The molecule has 1 aliphatic carbocycles. The fraction of sp³-hybridized carbons (Fsp3) is 0. The maximum Gasteiger partial charge on any atom is 0.0553 e. The molecule has 0 spiro atoms. The topological polar surface area (TPSA) is 4.93 Å². The summed E-state index contributed by atoms with van der Waals surface area (Å²) in [6, 6.07) is 65.3. The smallest absolute Gasteiger partial charge is 0.0553 e. The molecule has 0 saturated heterocycles. The molecule has 1 nitrogen and oxygen atoms in total. The van der Waals surface area contributed by atoms with E-state index in [1.807, 2.05) is 11.3 Å². The summed E-state index contributed by atoms with van der Waals surface area (Å²) in [5, 5.41) is 5.16. The van der Waals surface area contributed by atoms with E-state index in [-0.39, 0.29) is 0 Å². The maximum absolute atomic E-state index is 2.51. The minimum atomic E-state index is 1.19. The molecule has 2 heterocycles. The summed E-state index contributed by atoms with van der Waals surface area (Å²) in [5.41, 5.74) is 16.0. The first-order valence-electron chi connectivity index (χ1n) is 17.2. The highest BCUT2D eigenvalue weighted by atomic mass is 32.1. The van der Waals surface area contributed by atoms with Gasteiger partial charge >= 0.3 is 0 Å². The monoisotopic (exact) mass is 651 g/mol. The molecule has 0 bridgehead atoms. The Hall–Kier alpha value is -6.22. The van der Waals surface area contributed by atoms with Crippen LogP contribution in [0, 0.1) is 0 Å². The summed E-state index contributed by atoms with van der Waals surface area (Å²) in [4.78, 5) is 0. The van der Waals surface area contributed by atoms with Crippen LogP contribution in [0.5, 0.6) is 0 Å². The zero-order chi connectivity index (χ0) is 32.8. The third-order valence-electron chi connectivity index (χ3n) is 10.6. The van der Waals surface area contributed by atoms with Gasteiger partial charge in [0.25, 0.3) is 0 Å². The Kier molecular flexibility index (Phi) is 5.89. The lowest BCUT2D eigenvalue weighted by Gasteiger charge is -2.26. The first-order chi connectivity index (χ1) is 24.8. The van der Waals surface area contributed by atoms with Crippen molar-refractivity contribution in [2.45, 2.75) is 0 Å². The number of fused-ring (bicyclic) bond motifs is 14. The van der Waals surface area contributed by atoms with E-state index in [0.717, 1.165) is 0 Å². The molecule has 0 saturated carbocycles. The van der Waals surface area contributed by atoms with Gasteiger partial charge in [-0.15, -0.1) is 11.3 Å². The normalized spacial score (nSPS) is 12.0. The third-order valence-corrected chi connectivity index (χ3v) is 11.7. The van der Waals surface area contributed by atoms with Crippen molar-refractivity contribution in [3.05, 3.63) is 176 Å². The van der Waals surface area contributed by atoms with E-state index in [9.17, 15) is 0 Å². The largest absolute Gasteiger partial charge is 0.309 e.